The van der Waals surface area contributed by atoms with Gasteiger partial charge in [-0.15, -0.1) is 12.4 Å². The van der Waals surface area contributed by atoms with E-state index in [9.17, 15) is 13.2 Å². The molecule has 0 radical (unpaired) electrons. The monoisotopic (exact) mass is 367 g/mol. The number of sulfonamides is 1. The van der Waals surface area contributed by atoms with Crippen LogP contribution in [0.15, 0.2) is 4.90 Å². The SMILES string of the molecule is Cc1nn(C)c(C)c1S(=O)(=O)NC(C)C(=O)NCC(C)(C)N.Cl. The fourth-order valence-electron chi connectivity index (χ4n) is 1.96. The first-order valence-electron chi connectivity index (χ1n) is 6.94. The van der Waals surface area contributed by atoms with Gasteiger partial charge in [-0.2, -0.15) is 9.82 Å². The molecule has 1 atom stereocenters. The summed E-state index contributed by atoms with van der Waals surface area (Å²) in [6, 6.07) is -0.911. The third-order valence-corrected chi connectivity index (χ3v) is 4.95. The van der Waals surface area contributed by atoms with Crippen molar-refractivity contribution >= 4 is 28.3 Å². The number of rotatable bonds is 6. The predicted octanol–water partition coefficient (Wildman–Crippen LogP) is -0.0210. The molecule has 23 heavy (non-hydrogen) atoms. The minimum Gasteiger partial charge on any atom is -0.353 e. The topological polar surface area (TPSA) is 119 Å². The maximum Gasteiger partial charge on any atom is 0.244 e. The highest BCUT2D eigenvalue weighted by atomic mass is 35.5. The standard InChI is InChI=1S/C13H25N5O3S.ClH/c1-8-11(10(3)18(6)16-8)22(20,21)17-9(2)12(19)15-7-13(4,5)14;/h9,17H,7,14H2,1-6H3,(H,15,19);1H. The van der Waals surface area contributed by atoms with Gasteiger partial charge in [-0.05, 0) is 34.6 Å². The molecule has 10 heteroatoms. The van der Waals surface area contributed by atoms with Gasteiger partial charge in [0.1, 0.15) is 4.90 Å². The maximum atomic E-state index is 12.4. The molecule has 0 saturated carbocycles. The molecule has 0 spiro atoms. The molecular formula is C13H26ClN5O3S. The molecule has 0 aromatic carbocycles. The van der Waals surface area contributed by atoms with Crippen LogP contribution in [0.5, 0.6) is 0 Å². The van der Waals surface area contributed by atoms with Gasteiger partial charge < -0.3 is 11.1 Å². The molecule has 4 N–H and O–H groups in total. The van der Waals surface area contributed by atoms with Crippen molar-refractivity contribution in [2.24, 2.45) is 12.8 Å². The molecule has 0 aliphatic heterocycles. The van der Waals surface area contributed by atoms with Crippen molar-refractivity contribution in [2.75, 3.05) is 6.54 Å². The van der Waals surface area contributed by atoms with E-state index in [2.05, 4.69) is 15.1 Å². The van der Waals surface area contributed by atoms with Crippen molar-refractivity contribution in [1.82, 2.24) is 19.8 Å². The summed E-state index contributed by atoms with van der Waals surface area (Å²) in [4.78, 5) is 12.1. The minimum absolute atomic E-state index is 0. The number of amides is 1. The Morgan fingerprint density at radius 3 is 2.30 bits per heavy atom. The molecule has 134 valence electrons. The van der Waals surface area contributed by atoms with E-state index in [0.29, 0.717) is 11.4 Å². The van der Waals surface area contributed by atoms with E-state index in [1.165, 1.54) is 11.6 Å². The van der Waals surface area contributed by atoms with Crippen LogP contribution in [-0.2, 0) is 21.9 Å². The molecule has 8 nitrogen and oxygen atoms in total. The van der Waals surface area contributed by atoms with Gasteiger partial charge in [0.25, 0.3) is 0 Å². The molecule has 1 unspecified atom stereocenters. The Labute approximate surface area is 143 Å². The maximum absolute atomic E-state index is 12.4. The zero-order chi connectivity index (χ0) is 17.3. The number of nitrogens with zero attached hydrogens (tertiary/aromatic N) is 2. The second-order valence-electron chi connectivity index (χ2n) is 6.17. The van der Waals surface area contributed by atoms with Gasteiger partial charge in [-0.25, -0.2) is 8.42 Å². The molecule has 1 amide bonds. The Balaban J connectivity index is 0.00000484. The second-order valence-corrected chi connectivity index (χ2v) is 7.82. The van der Waals surface area contributed by atoms with Crippen LogP contribution in [0.3, 0.4) is 0 Å². The Bertz CT molecular complexity index is 664. The van der Waals surface area contributed by atoms with Crippen molar-refractivity contribution in [3.05, 3.63) is 11.4 Å². The summed E-state index contributed by atoms with van der Waals surface area (Å²) in [5.74, 6) is -0.429. The average molecular weight is 368 g/mol. The number of nitrogens with one attached hydrogen (secondary N) is 2. The zero-order valence-corrected chi connectivity index (χ0v) is 15.9. The molecule has 1 aromatic rings. The van der Waals surface area contributed by atoms with Crippen LogP contribution in [0.1, 0.15) is 32.2 Å². The summed E-state index contributed by atoms with van der Waals surface area (Å²) in [5, 5.41) is 6.70. The number of nitrogens with two attached hydrogens (primary N) is 1. The highest BCUT2D eigenvalue weighted by Gasteiger charge is 2.28. The Morgan fingerprint density at radius 1 is 1.39 bits per heavy atom. The van der Waals surface area contributed by atoms with Crippen molar-refractivity contribution in [1.29, 1.82) is 0 Å². The molecule has 1 heterocycles. The lowest BCUT2D eigenvalue weighted by Gasteiger charge is -2.21. The van der Waals surface area contributed by atoms with E-state index >= 15 is 0 Å². The summed E-state index contributed by atoms with van der Waals surface area (Å²) in [7, 11) is -2.16. The zero-order valence-electron chi connectivity index (χ0n) is 14.3. The minimum atomic E-state index is -3.82. The fraction of sp³-hybridized carbons (Fsp3) is 0.692. The van der Waals surface area contributed by atoms with E-state index in [1.54, 1.807) is 34.7 Å². The number of aryl methyl sites for hydroxylation is 2. The quantitative estimate of drug-likeness (QED) is 0.652. The first-order valence-corrected chi connectivity index (χ1v) is 8.42. The van der Waals surface area contributed by atoms with Gasteiger partial charge in [-0.3, -0.25) is 9.48 Å². The smallest absolute Gasteiger partial charge is 0.244 e. The number of hydrogen-bond donors (Lipinski definition) is 3. The van der Waals surface area contributed by atoms with E-state index < -0.39 is 27.5 Å². The molecule has 1 rings (SSSR count). The second kappa shape index (κ2) is 7.61. The van der Waals surface area contributed by atoms with Crippen LogP contribution in [0.25, 0.3) is 0 Å². The van der Waals surface area contributed by atoms with Crippen LogP contribution in [0.2, 0.25) is 0 Å². The molecule has 1 aromatic heterocycles. The van der Waals surface area contributed by atoms with Crippen molar-refractivity contribution < 1.29 is 13.2 Å². The van der Waals surface area contributed by atoms with Gasteiger partial charge in [0, 0.05) is 19.1 Å². The Hall–Kier alpha value is -1.16. The number of hydrogen-bond acceptors (Lipinski definition) is 5. The predicted molar refractivity (Wildman–Crippen MR) is 91.0 cm³/mol. The molecule has 0 aliphatic carbocycles. The van der Waals surface area contributed by atoms with E-state index in [1.807, 2.05) is 0 Å². The average Bonchev–Trinajstić information content (AvgIpc) is 2.59. The summed E-state index contributed by atoms with van der Waals surface area (Å²) in [6.45, 7) is 8.55. The molecular weight excluding hydrogens is 342 g/mol. The number of carbonyl (C=O) groups excluding carboxylic acids is 1. The van der Waals surface area contributed by atoms with Gasteiger partial charge in [-0.1, -0.05) is 0 Å². The number of aromatic nitrogens is 2. The third kappa shape index (κ3) is 5.76. The van der Waals surface area contributed by atoms with Gasteiger partial charge in [0.05, 0.1) is 17.4 Å². The van der Waals surface area contributed by atoms with Crippen molar-refractivity contribution in [3.63, 3.8) is 0 Å². The lowest BCUT2D eigenvalue weighted by atomic mass is 10.1. The van der Waals surface area contributed by atoms with E-state index in [0.717, 1.165) is 0 Å². The first-order chi connectivity index (χ1) is 9.85. The first kappa shape index (κ1) is 21.8. The third-order valence-electron chi connectivity index (χ3n) is 3.15. The van der Waals surface area contributed by atoms with Crippen molar-refractivity contribution in [3.8, 4) is 0 Å². The van der Waals surface area contributed by atoms with Crippen LogP contribution in [-0.4, -0.2) is 42.2 Å². The van der Waals surface area contributed by atoms with Crippen LogP contribution in [0, 0.1) is 13.8 Å². The largest absolute Gasteiger partial charge is 0.353 e. The van der Waals surface area contributed by atoms with Crippen molar-refractivity contribution in [2.45, 2.75) is 51.1 Å². The van der Waals surface area contributed by atoms with Gasteiger partial charge in [0.15, 0.2) is 0 Å². The summed E-state index contributed by atoms with van der Waals surface area (Å²) in [5.41, 5.74) is 6.12. The highest BCUT2D eigenvalue weighted by molar-refractivity contribution is 7.89. The summed E-state index contributed by atoms with van der Waals surface area (Å²) >= 11 is 0. The summed E-state index contributed by atoms with van der Waals surface area (Å²) < 4.78 is 28.7. The van der Waals surface area contributed by atoms with Gasteiger partial charge in [0.2, 0.25) is 15.9 Å². The highest BCUT2D eigenvalue weighted by Crippen LogP contribution is 2.18. The van der Waals surface area contributed by atoms with Gasteiger partial charge >= 0.3 is 0 Å². The van der Waals surface area contributed by atoms with Crippen LogP contribution >= 0.6 is 12.4 Å². The summed E-state index contributed by atoms with van der Waals surface area (Å²) in [6.07, 6.45) is 0. The number of halogens is 1. The Morgan fingerprint density at radius 2 is 1.91 bits per heavy atom. The van der Waals surface area contributed by atoms with Crippen LogP contribution < -0.4 is 15.8 Å². The normalized spacial score (nSPS) is 13.3. The Kier molecular flexibility index (Phi) is 7.22. The molecule has 0 saturated heterocycles. The lowest BCUT2D eigenvalue weighted by Crippen LogP contribution is -2.51. The van der Waals surface area contributed by atoms with E-state index in [4.69, 9.17) is 5.73 Å². The molecule has 0 aliphatic rings. The fourth-order valence-corrected chi connectivity index (χ4v) is 3.60. The van der Waals surface area contributed by atoms with E-state index in [-0.39, 0.29) is 23.8 Å². The van der Waals surface area contributed by atoms with Crippen LogP contribution in [0.4, 0.5) is 0 Å². The molecule has 0 bridgehead atoms. The lowest BCUT2D eigenvalue weighted by molar-refractivity contribution is -0.122. The molecule has 0 fully saturated rings. The number of carbonyl (C=O) groups is 1.